The van der Waals surface area contributed by atoms with E-state index in [1.807, 2.05) is 0 Å². The van der Waals surface area contributed by atoms with E-state index in [0.29, 0.717) is 13.2 Å². The third kappa shape index (κ3) is 2.90. The van der Waals surface area contributed by atoms with Crippen LogP contribution in [0.15, 0.2) is 23.2 Å². The molecule has 0 unspecified atom stereocenters. The van der Waals surface area contributed by atoms with E-state index in [0.717, 1.165) is 12.8 Å². The number of halogens is 1. The van der Waals surface area contributed by atoms with E-state index in [1.54, 1.807) is 6.07 Å². The molecule has 1 heterocycles. The minimum atomic E-state index is -0.585. The van der Waals surface area contributed by atoms with Gasteiger partial charge in [0.25, 0.3) is 0 Å². The Kier molecular flexibility index (Phi) is 3.85. The van der Waals surface area contributed by atoms with Gasteiger partial charge in [0, 0.05) is 12.8 Å². The molecule has 90 valence electrons. The number of ether oxygens (including phenoxy) is 2. The number of benzene rings is 1. The lowest BCUT2D eigenvalue weighted by molar-refractivity contribution is 0.0257. The van der Waals surface area contributed by atoms with Gasteiger partial charge in [-0.1, -0.05) is 6.07 Å². The maximum absolute atomic E-state index is 13.4. The van der Waals surface area contributed by atoms with E-state index in [1.165, 1.54) is 18.2 Å². The second-order valence-electron chi connectivity index (χ2n) is 3.72. The number of para-hydroxylation sites is 1. The van der Waals surface area contributed by atoms with Crippen LogP contribution < -0.4 is 4.74 Å². The fourth-order valence-corrected chi connectivity index (χ4v) is 1.72. The number of nitrogens with zero attached hydrogens (tertiary/aromatic N) is 1. The van der Waals surface area contributed by atoms with Crippen LogP contribution in [0.2, 0.25) is 0 Å². The van der Waals surface area contributed by atoms with Crippen LogP contribution in [0.3, 0.4) is 0 Å². The van der Waals surface area contributed by atoms with Gasteiger partial charge in [0.2, 0.25) is 6.08 Å². The molecule has 1 aromatic rings. The number of aliphatic imine (C=N–C) groups is 1. The highest BCUT2D eigenvalue weighted by molar-refractivity contribution is 5.58. The lowest BCUT2D eigenvalue weighted by Crippen LogP contribution is -2.25. The van der Waals surface area contributed by atoms with Crippen LogP contribution in [0, 0.1) is 5.82 Å². The van der Waals surface area contributed by atoms with Crippen LogP contribution in [-0.4, -0.2) is 25.4 Å². The molecular formula is C12H12FNO3. The van der Waals surface area contributed by atoms with Crippen LogP contribution >= 0.6 is 0 Å². The van der Waals surface area contributed by atoms with Crippen molar-refractivity contribution in [2.45, 2.75) is 18.9 Å². The monoisotopic (exact) mass is 237 g/mol. The number of hydrogen-bond donors (Lipinski definition) is 0. The molecule has 0 aliphatic carbocycles. The Morgan fingerprint density at radius 2 is 2.18 bits per heavy atom. The molecule has 1 saturated heterocycles. The second-order valence-corrected chi connectivity index (χ2v) is 3.72. The molecular weight excluding hydrogens is 225 g/mol. The van der Waals surface area contributed by atoms with Gasteiger partial charge in [-0.25, -0.2) is 9.18 Å². The summed E-state index contributed by atoms with van der Waals surface area (Å²) in [5, 5.41) is 0. The quantitative estimate of drug-likeness (QED) is 0.599. The van der Waals surface area contributed by atoms with Gasteiger partial charge in [-0.05, 0) is 12.1 Å². The summed E-state index contributed by atoms with van der Waals surface area (Å²) in [4.78, 5) is 13.6. The van der Waals surface area contributed by atoms with Gasteiger partial charge in [0.15, 0.2) is 11.5 Å². The maximum Gasteiger partial charge on any atom is 0.240 e. The van der Waals surface area contributed by atoms with Crippen molar-refractivity contribution in [3.63, 3.8) is 0 Å². The van der Waals surface area contributed by atoms with Gasteiger partial charge in [-0.15, -0.1) is 0 Å². The van der Waals surface area contributed by atoms with Crippen LogP contribution in [-0.2, 0) is 9.53 Å². The molecule has 5 heteroatoms. The molecule has 1 aliphatic heterocycles. The summed E-state index contributed by atoms with van der Waals surface area (Å²) < 4.78 is 24.2. The molecule has 1 aliphatic rings. The number of hydrogen-bond acceptors (Lipinski definition) is 4. The van der Waals surface area contributed by atoms with Crippen molar-refractivity contribution >= 4 is 11.8 Å². The second kappa shape index (κ2) is 5.57. The summed E-state index contributed by atoms with van der Waals surface area (Å²) >= 11 is 0. The zero-order valence-electron chi connectivity index (χ0n) is 9.19. The zero-order chi connectivity index (χ0) is 12.1. The number of rotatable bonds is 3. The normalized spacial score (nSPS) is 16.3. The maximum atomic E-state index is 13.4. The van der Waals surface area contributed by atoms with E-state index in [2.05, 4.69) is 4.99 Å². The van der Waals surface area contributed by atoms with E-state index >= 15 is 0 Å². The molecule has 17 heavy (non-hydrogen) atoms. The Morgan fingerprint density at radius 3 is 2.88 bits per heavy atom. The van der Waals surface area contributed by atoms with Crippen molar-refractivity contribution in [1.82, 2.24) is 0 Å². The average molecular weight is 237 g/mol. The van der Waals surface area contributed by atoms with Crippen molar-refractivity contribution in [2.24, 2.45) is 4.99 Å². The first-order valence-corrected chi connectivity index (χ1v) is 5.42. The van der Waals surface area contributed by atoms with Crippen molar-refractivity contribution in [3.05, 3.63) is 24.0 Å². The molecule has 0 saturated carbocycles. The van der Waals surface area contributed by atoms with Gasteiger partial charge in [-0.2, -0.15) is 4.99 Å². The fourth-order valence-electron chi connectivity index (χ4n) is 1.72. The zero-order valence-corrected chi connectivity index (χ0v) is 9.19. The summed E-state index contributed by atoms with van der Waals surface area (Å²) in [6.45, 7) is 1.26. The molecule has 0 spiro atoms. The summed E-state index contributed by atoms with van der Waals surface area (Å²) in [6.07, 6.45) is 2.81. The SMILES string of the molecule is O=C=Nc1c(F)cccc1OC1CCOCC1. The topological polar surface area (TPSA) is 47.9 Å². The van der Waals surface area contributed by atoms with Crippen LogP contribution in [0.4, 0.5) is 10.1 Å². The van der Waals surface area contributed by atoms with E-state index in [9.17, 15) is 9.18 Å². The fraction of sp³-hybridized carbons (Fsp3) is 0.417. The average Bonchev–Trinajstić information content (AvgIpc) is 2.35. The highest BCUT2D eigenvalue weighted by Crippen LogP contribution is 2.31. The largest absolute Gasteiger partial charge is 0.488 e. The van der Waals surface area contributed by atoms with Gasteiger partial charge in [0.05, 0.1) is 13.2 Å². The Labute approximate surface area is 98.1 Å². The first-order chi connectivity index (χ1) is 8.31. The van der Waals surface area contributed by atoms with Crippen molar-refractivity contribution in [2.75, 3.05) is 13.2 Å². The van der Waals surface area contributed by atoms with Crippen LogP contribution in [0.5, 0.6) is 5.75 Å². The highest BCUT2D eigenvalue weighted by atomic mass is 19.1. The van der Waals surface area contributed by atoms with E-state index in [-0.39, 0.29) is 17.5 Å². The standard InChI is InChI=1S/C12H12FNO3/c13-10-2-1-3-11(12(10)14-8-15)17-9-4-6-16-7-5-9/h1-3,9H,4-7H2. The Balaban J connectivity index is 2.19. The summed E-state index contributed by atoms with van der Waals surface area (Å²) in [5.41, 5.74) is -0.0889. The van der Waals surface area contributed by atoms with Gasteiger partial charge in [0.1, 0.15) is 11.9 Å². The molecule has 0 aromatic heterocycles. The Morgan fingerprint density at radius 1 is 1.41 bits per heavy atom. The summed E-state index contributed by atoms with van der Waals surface area (Å²) in [7, 11) is 0. The van der Waals surface area contributed by atoms with Crippen LogP contribution in [0.25, 0.3) is 0 Å². The predicted molar refractivity (Wildman–Crippen MR) is 58.7 cm³/mol. The van der Waals surface area contributed by atoms with E-state index < -0.39 is 5.82 Å². The molecule has 0 atom stereocenters. The first-order valence-electron chi connectivity index (χ1n) is 5.42. The van der Waals surface area contributed by atoms with Crippen LogP contribution in [0.1, 0.15) is 12.8 Å². The molecule has 1 aromatic carbocycles. The highest BCUT2D eigenvalue weighted by Gasteiger charge is 2.18. The van der Waals surface area contributed by atoms with Gasteiger partial charge < -0.3 is 9.47 Å². The third-order valence-corrected chi connectivity index (χ3v) is 2.57. The number of isocyanates is 1. The van der Waals surface area contributed by atoms with Crippen molar-refractivity contribution in [1.29, 1.82) is 0 Å². The lowest BCUT2D eigenvalue weighted by atomic mass is 10.1. The minimum absolute atomic E-state index is 0.0221. The molecule has 0 radical (unpaired) electrons. The predicted octanol–water partition coefficient (Wildman–Crippen LogP) is 2.35. The molecule has 0 bridgehead atoms. The van der Waals surface area contributed by atoms with Crippen molar-refractivity contribution in [3.8, 4) is 5.75 Å². The molecule has 0 N–H and O–H groups in total. The molecule has 0 amide bonds. The number of carbonyl (C=O) groups excluding carboxylic acids is 1. The summed E-state index contributed by atoms with van der Waals surface area (Å²) in [5.74, 6) is -0.307. The minimum Gasteiger partial charge on any atom is -0.488 e. The Hall–Kier alpha value is -1.71. The summed E-state index contributed by atoms with van der Waals surface area (Å²) in [6, 6.07) is 4.34. The Bertz CT molecular complexity index is 437. The molecule has 2 rings (SSSR count). The first kappa shape index (κ1) is 11.8. The van der Waals surface area contributed by atoms with Gasteiger partial charge >= 0.3 is 0 Å². The smallest absolute Gasteiger partial charge is 0.240 e. The molecule has 1 fully saturated rings. The van der Waals surface area contributed by atoms with Gasteiger partial charge in [-0.3, -0.25) is 0 Å². The molecule has 4 nitrogen and oxygen atoms in total. The third-order valence-electron chi connectivity index (χ3n) is 2.57. The van der Waals surface area contributed by atoms with E-state index in [4.69, 9.17) is 9.47 Å². The van der Waals surface area contributed by atoms with Crippen molar-refractivity contribution < 1.29 is 18.7 Å². The lowest BCUT2D eigenvalue weighted by Gasteiger charge is -2.23.